The Bertz CT molecular complexity index is 1620. The second-order valence-electron chi connectivity index (χ2n) is 8.92. The van der Waals surface area contributed by atoms with Gasteiger partial charge < -0.3 is 10.1 Å². The van der Waals surface area contributed by atoms with Crippen molar-refractivity contribution in [3.63, 3.8) is 0 Å². The molecule has 0 aromatic carbocycles. The van der Waals surface area contributed by atoms with Gasteiger partial charge in [0.05, 0.1) is 41.1 Å². The largest absolute Gasteiger partial charge is 0.444 e. The average Bonchev–Trinajstić information content (AvgIpc) is 3.54. The molecule has 0 unspecified atom stereocenters. The molecule has 0 aliphatic heterocycles. The lowest BCUT2D eigenvalue weighted by Gasteiger charge is -2.20. The van der Waals surface area contributed by atoms with Crippen LogP contribution in [0.3, 0.4) is 0 Å². The molecule has 0 bridgehead atoms. The van der Waals surface area contributed by atoms with Gasteiger partial charge in [0.1, 0.15) is 17.2 Å². The van der Waals surface area contributed by atoms with Crippen LogP contribution >= 0.6 is 11.6 Å². The van der Waals surface area contributed by atoms with Gasteiger partial charge in [-0.2, -0.15) is 33.7 Å². The Morgan fingerprint density at radius 1 is 1.07 bits per heavy atom. The number of hydrogen-bond acceptors (Lipinski definition) is 9. The lowest BCUT2D eigenvalue weighted by atomic mass is 10.2. The highest BCUT2D eigenvalue weighted by molar-refractivity contribution is 6.33. The fraction of sp³-hybridized carbons (Fsp3) is 0.217. The molecular weight excluding hydrogens is 557 g/mol. The van der Waals surface area contributed by atoms with Crippen LogP contribution in [0.5, 0.6) is 0 Å². The lowest BCUT2D eigenvalue weighted by Crippen LogP contribution is -2.27. The molecule has 4 aromatic heterocycles. The van der Waals surface area contributed by atoms with E-state index in [0.717, 1.165) is 17.1 Å². The number of pyridine rings is 2. The van der Waals surface area contributed by atoms with Crippen molar-refractivity contribution in [2.45, 2.75) is 32.5 Å². The number of anilines is 2. The van der Waals surface area contributed by atoms with Gasteiger partial charge in [0.25, 0.3) is 5.91 Å². The number of nitrogens with one attached hydrogen (secondary N) is 2. The molecule has 0 spiro atoms. The fourth-order valence-corrected chi connectivity index (χ4v) is 3.44. The zero-order chi connectivity index (χ0) is 29.2. The standard InChI is InChI=1S/C23H18ClF3N10O3/c1-22(2,3)40-21(39)35-18-15(24)4-5-16(34-18)36-17(23(25,26)27)14(11-32-36)20(38)33-13-8-12(9-28)19(29-10-13)37-30-6-7-31-37/h4-8,10-11H,1-3H3,(H,33,38)(H,34,35,39). The molecule has 13 nitrogen and oxygen atoms in total. The summed E-state index contributed by atoms with van der Waals surface area (Å²) in [6, 6.07) is 5.39. The molecule has 40 heavy (non-hydrogen) atoms. The van der Waals surface area contributed by atoms with E-state index in [1.807, 2.05) is 6.07 Å². The van der Waals surface area contributed by atoms with Gasteiger partial charge in [-0.3, -0.25) is 10.1 Å². The maximum atomic E-state index is 14.2. The first-order valence-corrected chi connectivity index (χ1v) is 11.5. The number of nitrogens with zero attached hydrogens (tertiary/aromatic N) is 8. The van der Waals surface area contributed by atoms with E-state index in [2.05, 4.69) is 35.9 Å². The van der Waals surface area contributed by atoms with Gasteiger partial charge >= 0.3 is 12.3 Å². The third-order valence-electron chi connectivity index (χ3n) is 4.80. The predicted molar refractivity (Wildman–Crippen MR) is 133 cm³/mol. The summed E-state index contributed by atoms with van der Waals surface area (Å²) in [5.41, 5.74) is -3.26. The molecule has 2 amide bonds. The topological polar surface area (TPSA) is 166 Å². The smallest absolute Gasteiger partial charge is 0.434 e. The highest BCUT2D eigenvalue weighted by Crippen LogP contribution is 2.34. The Hall–Kier alpha value is -5.04. The Balaban J connectivity index is 1.66. The minimum atomic E-state index is -5.06. The summed E-state index contributed by atoms with van der Waals surface area (Å²) in [6.07, 6.45) is -1.44. The van der Waals surface area contributed by atoms with Crippen molar-refractivity contribution < 1.29 is 27.5 Å². The average molecular weight is 575 g/mol. The maximum Gasteiger partial charge on any atom is 0.434 e. The number of amides is 2. The predicted octanol–water partition coefficient (Wildman–Crippen LogP) is 4.39. The van der Waals surface area contributed by atoms with Crippen LogP contribution in [0, 0.1) is 11.3 Å². The van der Waals surface area contributed by atoms with E-state index in [-0.39, 0.29) is 27.9 Å². The van der Waals surface area contributed by atoms with Crippen LogP contribution in [0.4, 0.5) is 29.5 Å². The monoisotopic (exact) mass is 574 g/mol. The quantitative estimate of drug-likeness (QED) is 0.351. The third-order valence-corrected chi connectivity index (χ3v) is 5.11. The second kappa shape index (κ2) is 10.6. The first-order chi connectivity index (χ1) is 18.8. The molecule has 2 N–H and O–H groups in total. The van der Waals surface area contributed by atoms with Crippen molar-refractivity contribution in [2.75, 3.05) is 10.6 Å². The van der Waals surface area contributed by atoms with Crippen molar-refractivity contribution >= 4 is 35.1 Å². The molecule has 206 valence electrons. The van der Waals surface area contributed by atoms with E-state index >= 15 is 0 Å². The number of carbonyl (C=O) groups is 2. The Labute approximate surface area is 228 Å². The van der Waals surface area contributed by atoms with Crippen LogP contribution in [-0.4, -0.2) is 52.3 Å². The van der Waals surface area contributed by atoms with Crippen LogP contribution < -0.4 is 10.6 Å². The minimum Gasteiger partial charge on any atom is -0.444 e. The van der Waals surface area contributed by atoms with E-state index in [0.29, 0.717) is 10.9 Å². The number of carbonyl (C=O) groups excluding carboxylic acids is 2. The van der Waals surface area contributed by atoms with Crippen molar-refractivity contribution in [3.05, 3.63) is 64.8 Å². The summed E-state index contributed by atoms with van der Waals surface area (Å²) in [5.74, 6) is -1.81. The SMILES string of the molecule is CC(C)(C)OC(=O)Nc1nc(-n2ncc(C(=O)Nc3cnc(-n4nccn4)c(C#N)c3)c2C(F)(F)F)ccc1Cl. The van der Waals surface area contributed by atoms with Crippen LogP contribution in [0.25, 0.3) is 11.6 Å². The molecule has 0 atom stereocenters. The van der Waals surface area contributed by atoms with Crippen molar-refractivity contribution in [1.82, 2.24) is 34.7 Å². The van der Waals surface area contributed by atoms with E-state index in [1.54, 1.807) is 20.8 Å². The minimum absolute atomic E-state index is 0.0453. The fourth-order valence-electron chi connectivity index (χ4n) is 3.29. The molecule has 0 aliphatic rings. The summed E-state index contributed by atoms with van der Waals surface area (Å²) in [4.78, 5) is 34.1. The van der Waals surface area contributed by atoms with Gasteiger partial charge in [-0.1, -0.05) is 11.6 Å². The Morgan fingerprint density at radius 2 is 1.77 bits per heavy atom. The maximum absolute atomic E-state index is 14.2. The zero-order valence-corrected chi connectivity index (χ0v) is 21.6. The van der Waals surface area contributed by atoms with Crippen LogP contribution in [-0.2, 0) is 10.9 Å². The van der Waals surface area contributed by atoms with E-state index < -0.39 is 40.9 Å². The first kappa shape index (κ1) is 28.0. The number of nitriles is 1. The molecule has 0 fully saturated rings. The lowest BCUT2D eigenvalue weighted by molar-refractivity contribution is -0.143. The van der Waals surface area contributed by atoms with Gasteiger partial charge in [0, 0.05) is 0 Å². The van der Waals surface area contributed by atoms with Crippen LogP contribution in [0.15, 0.2) is 43.0 Å². The van der Waals surface area contributed by atoms with Crippen LogP contribution in [0.1, 0.15) is 42.4 Å². The Morgan fingerprint density at radius 3 is 2.40 bits per heavy atom. The third kappa shape index (κ3) is 6.15. The molecule has 0 saturated heterocycles. The first-order valence-electron chi connectivity index (χ1n) is 11.2. The van der Waals surface area contributed by atoms with Crippen molar-refractivity contribution in [1.29, 1.82) is 5.26 Å². The summed E-state index contributed by atoms with van der Waals surface area (Å²) < 4.78 is 48.0. The summed E-state index contributed by atoms with van der Waals surface area (Å²) in [6.45, 7) is 4.85. The van der Waals surface area contributed by atoms with Crippen LogP contribution in [0.2, 0.25) is 5.02 Å². The summed E-state index contributed by atoms with van der Waals surface area (Å²) in [5, 5.41) is 25.4. The number of aromatic nitrogens is 7. The molecule has 17 heteroatoms. The second-order valence-corrected chi connectivity index (χ2v) is 9.33. The molecular formula is C23H18ClF3N10O3. The van der Waals surface area contributed by atoms with Crippen molar-refractivity contribution in [2.24, 2.45) is 0 Å². The molecule has 4 aromatic rings. The van der Waals surface area contributed by atoms with Crippen molar-refractivity contribution in [3.8, 4) is 17.7 Å². The summed E-state index contributed by atoms with van der Waals surface area (Å²) >= 11 is 6.06. The normalized spacial score (nSPS) is 11.6. The van der Waals surface area contributed by atoms with Gasteiger partial charge in [0.2, 0.25) is 0 Å². The van der Waals surface area contributed by atoms with E-state index in [1.165, 1.54) is 24.5 Å². The van der Waals surface area contributed by atoms with Gasteiger partial charge in [-0.25, -0.2) is 19.4 Å². The number of hydrogen-bond donors (Lipinski definition) is 2. The molecule has 4 heterocycles. The highest BCUT2D eigenvalue weighted by atomic mass is 35.5. The van der Waals surface area contributed by atoms with E-state index in [9.17, 15) is 28.0 Å². The number of alkyl halides is 3. The number of halogens is 4. The van der Waals surface area contributed by atoms with E-state index in [4.69, 9.17) is 16.3 Å². The highest BCUT2D eigenvalue weighted by Gasteiger charge is 2.41. The molecule has 4 rings (SSSR count). The molecule has 0 saturated carbocycles. The van der Waals surface area contributed by atoms with Gasteiger partial charge in [-0.05, 0) is 39.0 Å². The number of rotatable bonds is 5. The molecule has 0 radical (unpaired) electrons. The summed E-state index contributed by atoms with van der Waals surface area (Å²) in [7, 11) is 0. The van der Waals surface area contributed by atoms with Gasteiger partial charge in [-0.15, -0.1) is 4.80 Å². The molecule has 0 aliphatic carbocycles. The number of ether oxygens (including phenoxy) is 1. The Kier molecular flexibility index (Phi) is 7.42. The zero-order valence-electron chi connectivity index (χ0n) is 20.9. The van der Waals surface area contributed by atoms with Gasteiger partial charge in [0.15, 0.2) is 23.1 Å².